The van der Waals surface area contributed by atoms with Crippen LogP contribution >= 0.6 is 0 Å². The molecule has 0 saturated heterocycles. The zero-order valence-electron chi connectivity index (χ0n) is 3.63. The van der Waals surface area contributed by atoms with Crippen molar-refractivity contribution in [1.82, 2.24) is 6.15 Å². The Bertz CT molecular complexity index is 10.8. The van der Waals surface area contributed by atoms with Crippen molar-refractivity contribution >= 4 is 0 Å². The third-order valence-electron chi connectivity index (χ3n) is 0.167. The van der Waals surface area contributed by atoms with Crippen molar-refractivity contribution in [2.75, 3.05) is 13.1 Å². The number of rotatable bonds is 1. The van der Waals surface area contributed by atoms with E-state index in [1.54, 1.807) is 0 Å². The van der Waals surface area contributed by atoms with Crippen molar-refractivity contribution in [1.29, 1.82) is 0 Å². The van der Waals surface area contributed by atoms with E-state index in [0.29, 0.717) is 13.1 Å². The van der Waals surface area contributed by atoms with Crippen LogP contribution in [-0.4, -0.2) is 13.1 Å². The van der Waals surface area contributed by atoms with Gasteiger partial charge in [0.1, 0.15) is 0 Å². The molecule has 0 aliphatic rings. The molecule has 0 unspecified atom stereocenters. The molecule has 0 heterocycles. The predicted octanol–water partition coefficient (Wildman–Crippen LogP) is -0.937. The molecule has 0 rings (SSSR count). The molecule has 7 N–H and O–H groups in total. The minimum atomic E-state index is 0. The number of hydrogen-bond donors (Lipinski definition) is 3. The molecule has 0 aliphatic heterocycles. The molecule has 0 amide bonds. The maximum Gasteiger partial charge on any atom is 3.00 e. The molecule has 39 valence electrons. The van der Waals surface area contributed by atoms with Gasteiger partial charge in [-0.15, -0.1) is 0 Å². The summed E-state index contributed by atoms with van der Waals surface area (Å²) >= 11 is 0. The topological polar surface area (TPSA) is 87.0 Å². The van der Waals surface area contributed by atoms with Gasteiger partial charge >= 0.3 is 17.1 Å². The van der Waals surface area contributed by atoms with E-state index in [0.717, 1.165) is 0 Å². The standard InChI is InChI=1S/C2H8N2.Fe.H3N/c3-1-2-4;;/h1-4H2;;1H3/q;+3;. The Morgan fingerprint density at radius 1 is 1.00 bits per heavy atom. The normalized spacial score (nSPS) is 5.00. The van der Waals surface area contributed by atoms with Gasteiger partial charge in [0.05, 0.1) is 0 Å². The van der Waals surface area contributed by atoms with Gasteiger partial charge in [0, 0.05) is 13.1 Å². The average molecular weight is 133 g/mol. The second-order valence-corrected chi connectivity index (χ2v) is 0.577. The number of hydrogen-bond acceptors (Lipinski definition) is 3. The summed E-state index contributed by atoms with van der Waals surface area (Å²) in [6.07, 6.45) is 0. The third-order valence-corrected chi connectivity index (χ3v) is 0.167. The van der Waals surface area contributed by atoms with Gasteiger partial charge in [-0.25, -0.2) is 0 Å². The molecule has 0 saturated carbocycles. The zero-order chi connectivity index (χ0) is 3.41. The van der Waals surface area contributed by atoms with Crippen LogP contribution in [0, 0.1) is 0 Å². The van der Waals surface area contributed by atoms with Crippen molar-refractivity contribution in [3.05, 3.63) is 0 Å². The third kappa shape index (κ3) is 26.0. The summed E-state index contributed by atoms with van der Waals surface area (Å²) < 4.78 is 0. The van der Waals surface area contributed by atoms with Crippen molar-refractivity contribution in [3.63, 3.8) is 0 Å². The quantitative estimate of drug-likeness (QED) is 0.403. The molecule has 0 aromatic heterocycles. The maximum absolute atomic E-state index is 4.90. The van der Waals surface area contributed by atoms with Gasteiger partial charge in [-0.2, -0.15) is 0 Å². The molecule has 4 heteroatoms. The van der Waals surface area contributed by atoms with E-state index in [2.05, 4.69) is 0 Å². The van der Waals surface area contributed by atoms with Crippen LogP contribution in [0.3, 0.4) is 0 Å². The van der Waals surface area contributed by atoms with Gasteiger partial charge in [0.25, 0.3) is 0 Å². The molecule has 0 aromatic carbocycles. The summed E-state index contributed by atoms with van der Waals surface area (Å²) in [6.45, 7) is 1.19. The number of nitrogens with two attached hydrogens (primary N) is 2. The van der Waals surface area contributed by atoms with Crippen LogP contribution in [0.5, 0.6) is 0 Å². The fourth-order valence-corrected chi connectivity index (χ4v) is 0. The van der Waals surface area contributed by atoms with Crippen LogP contribution in [0.4, 0.5) is 0 Å². The monoisotopic (exact) mass is 133 g/mol. The van der Waals surface area contributed by atoms with Crippen molar-refractivity contribution in [2.24, 2.45) is 11.5 Å². The molecule has 0 aromatic rings. The Hall–Kier alpha value is 0.399. The van der Waals surface area contributed by atoms with Crippen LogP contribution < -0.4 is 17.6 Å². The molecule has 0 fully saturated rings. The fourth-order valence-electron chi connectivity index (χ4n) is 0. The van der Waals surface area contributed by atoms with Crippen LogP contribution in [0.15, 0.2) is 0 Å². The molecule has 0 spiro atoms. The molecule has 0 bridgehead atoms. The zero-order valence-corrected chi connectivity index (χ0v) is 4.73. The first-order valence-corrected chi connectivity index (χ1v) is 1.32. The van der Waals surface area contributed by atoms with Gasteiger partial charge in [0.15, 0.2) is 0 Å². The van der Waals surface area contributed by atoms with E-state index >= 15 is 0 Å². The molecule has 1 radical (unpaired) electrons. The largest absolute Gasteiger partial charge is 3.00 e. The van der Waals surface area contributed by atoms with E-state index in [9.17, 15) is 0 Å². The summed E-state index contributed by atoms with van der Waals surface area (Å²) in [4.78, 5) is 0. The Kier molecular flexibility index (Phi) is 48.8. The second kappa shape index (κ2) is 18.2. The van der Waals surface area contributed by atoms with Crippen LogP contribution in [-0.2, 0) is 17.1 Å². The molecule has 0 atom stereocenters. The smallest absolute Gasteiger partial charge is 0.344 e. The van der Waals surface area contributed by atoms with E-state index in [-0.39, 0.29) is 23.2 Å². The summed E-state index contributed by atoms with van der Waals surface area (Å²) in [5.41, 5.74) is 9.81. The van der Waals surface area contributed by atoms with Gasteiger partial charge < -0.3 is 17.6 Å². The summed E-state index contributed by atoms with van der Waals surface area (Å²) in [5, 5.41) is 0. The first kappa shape index (κ1) is 16.1. The second-order valence-electron chi connectivity index (χ2n) is 0.577. The van der Waals surface area contributed by atoms with Crippen LogP contribution in [0.2, 0.25) is 0 Å². The van der Waals surface area contributed by atoms with Gasteiger partial charge in [-0.05, 0) is 0 Å². The van der Waals surface area contributed by atoms with E-state index in [1.165, 1.54) is 0 Å². The van der Waals surface area contributed by atoms with Crippen LogP contribution in [0.25, 0.3) is 0 Å². The Morgan fingerprint density at radius 2 is 1.17 bits per heavy atom. The molecule has 0 aliphatic carbocycles. The van der Waals surface area contributed by atoms with Gasteiger partial charge in [0.2, 0.25) is 0 Å². The molecular weight excluding hydrogens is 122 g/mol. The van der Waals surface area contributed by atoms with Gasteiger partial charge in [-0.3, -0.25) is 0 Å². The van der Waals surface area contributed by atoms with E-state index in [4.69, 9.17) is 11.5 Å². The first-order chi connectivity index (χ1) is 1.91. The van der Waals surface area contributed by atoms with Gasteiger partial charge in [-0.1, -0.05) is 0 Å². The minimum Gasteiger partial charge on any atom is -0.344 e. The molecular formula is C2H11FeN3+3. The maximum atomic E-state index is 4.90. The molecule has 3 nitrogen and oxygen atoms in total. The molecule has 6 heavy (non-hydrogen) atoms. The Balaban J connectivity index is -0.0000000450. The Labute approximate surface area is 48.5 Å². The predicted molar refractivity (Wildman–Crippen MR) is 23.1 cm³/mol. The fraction of sp³-hybridized carbons (Fsp3) is 1.00. The SMILES string of the molecule is N.NCCN.[Fe+3]. The minimum absolute atomic E-state index is 0. The van der Waals surface area contributed by atoms with Crippen LogP contribution in [0.1, 0.15) is 0 Å². The first-order valence-electron chi connectivity index (χ1n) is 1.32. The van der Waals surface area contributed by atoms with Crippen molar-refractivity contribution in [3.8, 4) is 0 Å². The van der Waals surface area contributed by atoms with Crippen molar-refractivity contribution in [2.45, 2.75) is 0 Å². The summed E-state index contributed by atoms with van der Waals surface area (Å²) in [7, 11) is 0. The summed E-state index contributed by atoms with van der Waals surface area (Å²) in [6, 6.07) is 0. The Morgan fingerprint density at radius 3 is 1.17 bits per heavy atom. The van der Waals surface area contributed by atoms with E-state index < -0.39 is 0 Å². The summed E-state index contributed by atoms with van der Waals surface area (Å²) in [5.74, 6) is 0. The van der Waals surface area contributed by atoms with E-state index in [1.807, 2.05) is 0 Å². The van der Waals surface area contributed by atoms with Crippen molar-refractivity contribution < 1.29 is 17.1 Å². The average Bonchev–Trinajstić information content (AvgIpc) is 1.37.